The fraction of sp³-hybridized carbons (Fsp3) is 0.846. The van der Waals surface area contributed by atoms with Gasteiger partial charge in [0, 0.05) is 24.5 Å². The highest BCUT2D eigenvalue weighted by Crippen LogP contribution is 2.30. The molecule has 2 heterocycles. The second-order valence-corrected chi connectivity index (χ2v) is 6.14. The number of hydrogen-bond donors (Lipinski definition) is 0. The van der Waals surface area contributed by atoms with E-state index in [4.69, 9.17) is 9.47 Å². The van der Waals surface area contributed by atoms with E-state index in [1.165, 1.54) is 4.80 Å². The van der Waals surface area contributed by atoms with Gasteiger partial charge in [-0.25, -0.2) is 4.79 Å². The van der Waals surface area contributed by atoms with Crippen molar-refractivity contribution in [2.75, 3.05) is 19.7 Å². The highest BCUT2D eigenvalue weighted by atomic mass is 16.7. The van der Waals surface area contributed by atoms with Crippen LogP contribution in [-0.2, 0) is 9.47 Å². The van der Waals surface area contributed by atoms with E-state index >= 15 is 0 Å². The first kappa shape index (κ1) is 15.7. The second-order valence-electron chi connectivity index (χ2n) is 6.14. The molecule has 0 saturated carbocycles. The highest BCUT2D eigenvalue weighted by Gasteiger charge is 2.37. The molecule has 2 rings (SSSR count). The Hall–Kier alpha value is -1.70. The van der Waals surface area contributed by atoms with Gasteiger partial charge >= 0.3 is 6.16 Å². The van der Waals surface area contributed by atoms with Gasteiger partial charge < -0.3 is 9.47 Å². The first-order chi connectivity index (χ1) is 9.81. The molecule has 0 N–H and O–H groups in total. The number of carbonyl (C=O) groups is 1. The Morgan fingerprint density at radius 3 is 2.67 bits per heavy atom. The summed E-state index contributed by atoms with van der Waals surface area (Å²) >= 11 is 0. The molecule has 8 nitrogen and oxygen atoms in total. The number of nitrogens with zero attached hydrogens (tertiary/aromatic N) is 5. The molecule has 1 aromatic rings. The second kappa shape index (κ2) is 5.97. The van der Waals surface area contributed by atoms with Crippen LogP contribution in [0.1, 0.15) is 52.6 Å². The topological polar surface area (TPSA) is 82.4 Å². The van der Waals surface area contributed by atoms with E-state index < -0.39 is 12.4 Å². The molecule has 8 heteroatoms. The van der Waals surface area contributed by atoms with Crippen molar-refractivity contribution < 1.29 is 14.3 Å². The number of likely N-dealkylation sites (tertiary alicyclic amines) is 1. The fourth-order valence-corrected chi connectivity index (χ4v) is 2.08. The molecule has 1 atom stereocenters. The molecule has 0 unspecified atom stereocenters. The van der Waals surface area contributed by atoms with Crippen LogP contribution in [-0.4, -0.2) is 56.5 Å². The number of aromatic nitrogens is 4. The molecular formula is C13H23N5O3. The molecule has 118 valence electrons. The molecule has 0 aliphatic carbocycles. The third-order valence-corrected chi connectivity index (χ3v) is 3.49. The minimum atomic E-state index is -0.730. The Balaban J connectivity index is 1.89. The molecule has 1 aromatic heterocycles. The first-order valence-corrected chi connectivity index (χ1v) is 7.19. The Bertz CT molecular complexity index is 490. The lowest BCUT2D eigenvalue weighted by molar-refractivity contribution is -0.00570. The van der Waals surface area contributed by atoms with Gasteiger partial charge in [0.1, 0.15) is 0 Å². The van der Waals surface area contributed by atoms with Gasteiger partial charge in [-0.05, 0) is 39.8 Å². The van der Waals surface area contributed by atoms with Gasteiger partial charge in [0.2, 0.25) is 6.23 Å². The van der Waals surface area contributed by atoms with Gasteiger partial charge in [0.15, 0.2) is 5.82 Å². The Kier molecular flexibility index (Phi) is 4.46. The summed E-state index contributed by atoms with van der Waals surface area (Å²) in [5.74, 6) is 0.975. The van der Waals surface area contributed by atoms with Crippen LogP contribution in [0.25, 0.3) is 0 Å². The van der Waals surface area contributed by atoms with E-state index in [0.717, 1.165) is 13.1 Å². The van der Waals surface area contributed by atoms with E-state index in [1.807, 2.05) is 0 Å². The van der Waals surface area contributed by atoms with Crippen molar-refractivity contribution in [3.05, 3.63) is 5.82 Å². The Labute approximate surface area is 124 Å². The van der Waals surface area contributed by atoms with Gasteiger partial charge in [0.25, 0.3) is 0 Å². The lowest BCUT2D eigenvalue weighted by Gasteiger charge is -2.46. The summed E-state index contributed by atoms with van der Waals surface area (Å²) in [7, 11) is 0. The molecule has 0 amide bonds. The van der Waals surface area contributed by atoms with Crippen molar-refractivity contribution in [3.63, 3.8) is 0 Å². The molecule has 0 bridgehead atoms. The maximum Gasteiger partial charge on any atom is 0.510 e. The highest BCUT2D eigenvalue weighted by molar-refractivity contribution is 5.59. The lowest BCUT2D eigenvalue weighted by atomic mass is 9.92. The summed E-state index contributed by atoms with van der Waals surface area (Å²) in [6.07, 6.45) is -1.37. The number of rotatable bonds is 4. The maximum absolute atomic E-state index is 11.2. The van der Waals surface area contributed by atoms with Crippen LogP contribution in [0.4, 0.5) is 4.79 Å². The third kappa shape index (κ3) is 3.69. The number of hydrogen-bond acceptors (Lipinski definition) is 7. The van der Waals surface area contributed by atoms with Crippen LogP contribution in [0, 0.1) is 0 Å². The van der Waals surface area contributed by atoms with Crippen molar-refractivity contribution in [3.8, 4) is 0 Å². The van der Waals surface area contributed by atoms with E-state index in [-0.39, 0.29) is 18.1 Å². The van der Waals surface area contributed by atoms with E-state index in [1.54, 1.807) is 13.8 Å². The maximum atomic E-state index is 11.2. The average molecular weight is 297 g/mol. The van der Waals surface area contributed by atoms with Crippen LogP contribution in [0.2, 0.25) is 0 Å². The SMILES string of the molecule is CCOC(=O)O[C@H](C)n1nnc(C2CN(C(C)(C)C)C2)n1. The summed E-state index contributed by atoms with van der Waals surface area (Å²) in [5.41, 5.74) is 0.160. The van der Waals surface area contributed by atoms with Gasteiger partial charge in [-0.15, -0.1) is 15.0 Å². The molecule has 1 saturated heterocycles. The number of tetrazole rings is 1. The lowest BCUT2D eigenvalue weighted by Crippen LogP contribution is -2.54. The van der Waals surface area contributed by atoms with E-state index in [9.17, 15) is 4.79 Å². The first-order valence-electron chi connectivity index (χ1n) is 7.19. The van der Waals surface area contributed by atoms with E-state index in [2.05, 4.69) is 41.1 Å². The van der Waals surface area contributed by atoms with Crippen LogP contribution < -0.4 is 0 Å². The minimum Gasteiger partial charge on any atom is -0.435 e. The zero-order chi connectivity index (χ0) is 15.6. The van der Waals surface area contributed by atoms with Crippen LogP contribution >= 0.6 is 0 Å². The fourth-order valence-electron chi connectivity index (χ4n) is 2.08. The number of ether oxygens (including phenoxy) is 2. The summed E-state index contributed by atoms with van der Waals surface area (Å²) in [4.78, 5) is 14.9. The summed E-state index contributed by atoms with van der Waals surface area (Å²) in [6, 6.07) is 0. The van der Waals surface area contributed by atoms with Crippen molar-refractivity contribution in [1.29, 1.82) is 0 Å². The summed E-state index contributed by atoms with van der Waals surface area (Å²) in [6.45, 7) is 12.0. The molecule has 1 aliphatic rings. The molecule has 1 fully saturated rings. The number of carbonyl (C=O) groups excluding carboxylic acids is 1. The molecule has 0 spiro atoms. The van der Waals surface area contributed by atoms with Gasteiger partial charge in [0.05, 0.1) is 6.61 Å². The quantitative estimate of drug-likeness (QED) is 0.780. The Morgan fingerprint density at radius 1 is 1.43 bits per heavy atom. The standard InChI is InChI=1S/C13H23N5O3/c1-6-20-12(19)21-9(2)18-15-11(14-16-18)10-7-17(8-10)13(3,4)5/h9-10H,6-8H2,1-5H3/t9-/m1/s1. The van der Waals surface area contributed by atoms with Gasteiger partial charge in [-0.1, -0.05) is 0 Å². The van der Waals surface area contributed by atoms with Crippen molar-refractivity contribution in [2.45, 2.75) is 52.3 Å². The minimum absolute atomic E-state index is 0.160. The Morgan fingerprint density at radius 2 is 2.10 bits per heavy atom. The van der Waals surface area contributed by atoms with Crippen molar-refractivity contribution in [2.24, 2.45) is 0 Å². The molecule has 0 aromatic carbocycles. The predicted molar refractivity (Wildman–Crippen MR) is 74.7 cm³/mol. The van der Waals surface area contributed by atoms with Crippen LogP contribution in [0.5, 0.6) is 0 Å². The van der Waals surface area contributed by atoms with E-state index in [0.29, 0.717) is 5.82 Å². The molecule has 21 heavy (non-hydrogen) atoms. The predicted octanol–water partition coefficient (Wildman–Crippen LogP) is 1.56. The normalized spacial score (nSPS) is 18.1. The molecular weight excluding hydrogens is 274 g/mol. The third-order valence-electron chi connectivity index (χ3n) is 3.49. The molecule has 1 aliphatic heterocycles. The largest absolute Gasteiger partial charge is 0.510 e. The zero-order valence-corrected chi connectivity index (χ0v) is 13.2. The summed E-state index contributed by atoms with van der Waals surface area (Å²) in [5, 5.41) is 12.3. The van der Waals surface area contributed by atoms with Crippen LogP contribution in [0.3, 0.4) is 0 Å². The van der Waals surface area contributed by atoms with Crippen LogP contribution in [0.15, 0.2) is 0 Å². The smallest absolute Gasteiger partial charge is 0.435 e. The molecule has 0 radical (unpaired) electrons. The summed E-state index contributed by atoms with van der Waals surface area (Å²) < 4.78 is 9.74. The van der Waals surface area contributed by atoms with Crippen molar-refractivity contribution in [1.82, 2.24) is 25.1 Å². The van der Waals surface area contributed by atoms with Gasteiger partial charge in [-0.3, -0.25) is 4.90 Å². The van der Waals surface area contributed by atoms with Crippen molar-refractivity contribution >= 4 is 6.16 Å². The van der Waals surface area contributed by atoms with Gasteiger partial charge in [-0.2, -0.15) is 0 Å². The average Bonchev–Trinajstić information content (AvgIpc) is 2.74. The zero-order valence-electron chi connectivity index (χ0n) is 13.2. The monoisotopic (exact) mass is 297 g/mol.